The Morgan fingerprint density at radius 1 is 0.156 bits per heavy atom. The van der Waals surface area contributed by atoms with Crippen molar-refractivity contribution in [1.82, 2.24) is 0 Å². The van der Waals surface area contributed by atoms with Crippen molar-refractivity contribution in [2.45, 2.75) is 0 Å². The molecule has 0 spiro atoms. The van der Waals surface area contributed by atoms with Gasteiger partial charge in [0.1, 0.15) is 0 Å². The zero-order valence-electron chi connectivity index (χ0n) is 13.3. The van der Waals surface area contributed by atoms with E-state index in [1.807, 2.05) is 0 Å². The van der Waals surface area contributed by atoms with Crippen LogP contribution >= 0.6 is 244 Å². The van der Waals surface area contributed by atoms with Crippen LogP contribution < -0.4 is 0 Å². The Kier molecular flexibility index (Phi) is 15.8. The molecule has 0 nitrogen and oxygen atoms in total. The maximum Gasteiger partial charge on any atom is 0.358 e. The molecule has 0 unspecified atom stereocenters. The van der Waals surface area contributed by atoms with Gasteiger partial charge >= 0.3 is 22.5 Å². The summed E-state index contributed by atoms with van der Waals surface area (Å²) in [5.74, 6) is 0. The van der Waals surface area contributed by atoms with Crippen molar-refractivity contribution in [3.05, 3.63) is 0 Å². The molecule has 0 aromatic carbocycles. The van der Waals surface area contributed by atoms with E-state index in [-0.39, 0.29) is 0 Å². The first-order valence-electron chi connectivity index (χ1n) is 6.41. The van der Waals surface area contributed by atoms with Gasteiger partial charge in [0.25, 0.3) is 34.4 Å². The minimum Gasteiger partial charge on any atom is -0.148 e. The minimum absolute atomic E-state index is 4.00. The van der Waals surface area contributed by atoms with Crippen LogP contribution in [0, 0.1) is 0 Å². The van der Waals surface area contributed by atoms with Crippen molar-refractivity contribution in [2.75, 3.05) is 0 Å². The van der Waals surface area contributed by atoms with E-state index in [0.29, 0.717) is 0 Å². The van der Waals surface area contributed by atoms with Gasteiger partial charge in [-0.1, -0.05) is 0 Å². The Labute approximate surface area is 294 Å². The van der Waals surface area contributed by atoms with E-state index in [4.69, 9.17) is 244 Å². The van der Waals surface area contributed by atoms with Crippen LogP contribution in [0.25, 0.3) is 0 Å². The first-order chi connectivity index (χ1) is 13.2. The fourth-order valence-electron chi connectivity index (χ4n) is 1.54. The molecule has 0 radical (unpaired) electrons. The molecule has 0 rings (SSSR count). The molecule has 0 aliphatic carbocycles. The fourth-order valence-corrected chi connectivity index (χ4v) is 374. The average molecular weight is 1060 g/mol. The summed E-state index contributed by atoms with van der Waals surface area (Å²) in [7, 11) is 0. The van der Waals surface area contributed by atoms with Crippen molar-refractivity contribution >= 4 is 301 Å². The van der Waals surface area contributed by atoms with Gasteiger partial charge in [-0.25, -0.2) is 0 Å². The van der Waals surface area contributed by atoms with E-state index in [1.54, 1.807) is 0 Å². The zero-order chi connectivity index (χ0) is 27.0. The van der Waals surface area contributed by atoms with Crippen molar-refractivity contribution in [3.63, 3.8) is 0 Å². The monoisotopic (exact) mass is 1050 g/mol. The first-order valence-corrected chi connectivity index (χ1v) is 57.7. The van der Waals surface area contributed by atoms with Gasteiger partial charge in [0.15, 0.2) is 0 Å². The molecular weight excluding hydrogens is 1060 g/mol. The molecule has 0 aliphatic heterocycles. The third-order valence-corrected chi connectivity index (χ3v) is 281. The van der Waals surface area contributed by atoms with E-state index >= 15 is 0 Å². The summed E-state index contributed by atoms with van der Waals surface area (Å²) in [6.45, 7) is 0. The summed E-state index contributed by atoms with van der Waals surface area (Å²) in [5, 5.41) is 0. The van der Waals surface area contributed by atoms with Gasteiger partial charge in [0, 0.05) is 0 Å². The van der Waals surface area contributed by atoms with E-state index in [9.17, 15) is 0 Å². The van der Waals surface area contributed by atoms with E-state index in [0.717, 1.165) is 0 Å². The van der Waals surface area contributed by atoms with E-state index < -0.39 is 56.9 Å². The zero-order valence-corrected chi connectivity index (χ0v) is 39.9. The molecule has 0 bridgehead atoms. The van der Waals surface area contributed by atoms with Crippen LogP contribution in [0.3, 0.4) is 0 Å². The van der Waals surface area contributed by atoms with Crippen LogP contribution in [-0.4, -0.2) is 56.9 Å². The number of rotatable bonds is 9. The predicted octanol–water partition coefficient (Wildman–Crippen LogP) is 11.4. The van der Waals surface area contributed by atoms with Gasteiger partial charge < -0.3 is 0 Å². The number of hydrogen-bond donors (Lipinski definition) is 0. The predicted molar refractivity (Wildman–Crippen MR) is 186 cm³/mol. The lowest BCUT2D eigenvalue weighted by molar-refractivity contribution is 3.10. The lowest BCUT2D eigenvalue weighted by Gasteiger charge is -2.49. The Bertz CT molecular complexity index is 626. The van der Waals surface area contributed by atoms with Crippen molar-refractivity contribution in [2.24, 2.45) is 0 Å². The van der Waals surface area contributed by atoms with Gasteiger partial charge in [-0.2, -0.15) is 0 Å². The highest BCUT2D eigenvalue weighted by Gasteiger charge is 2.91. The maximum absolute atomic E-state index is 6.68. The molecule has 0 atom stereocenters. The molecule has 32 heteroatoms. The second kappa shape index (κ2) is 12.5. The van der Waals surface area contributed by atoms with Crippen molar-refractivity contribution < 1.29 is 0 Å². The molecule has 0 amide bonds. The molecule has 0 heterocycles. The molecule has 0 N–H and O–H groups in total. The largest absolute Gasteiger partial charge is 0.358 e. The molecule has 0 fully saturated rings. The van der Waals surface area contributed by atoms with Crippen molar-refractivity contribution in [3.8, 4) is 0 Å². The Morgan fingerprint density at radius 3 is 0.344 bits per heavy atom. The Hall–Kier alpha value is 8.55. The van der Waals surface area contributed by atoms with Gasteiger partial charge in [0.05, 0.1) is 0 Å². The molecule has 32 heavy (non-hydrogen) atoms. The van der Waals surface area contributed by atoms with Crippen LogP contribution in [0.2, 0.25) is 0 Å². The highest BCUT2D eigenvalue weighted by atomic mass is 35.9. The van der Waals surface area contributed by atoms with Gasteiger partial charge in [-0.05, 0) is 0 Å². The third-order valence-electron chi connectivity index (χ3n) is 3.47. The molecular formula is Cl22Si10. The van der Waals surface area contributed by atoms with Gasteiger partial charge in [-0.15, -0.1) is 244 Å². The molecule has 0 saturated heterocycles. The molecule has 0 aromatic heterocycles. The third kappa shape index (κ3) is 6.78. The number of halogens is 22. The maximum atomic E-state index is 6.68. The standard InChI is InChI=1S/Cl22Si10/c1-23(2,3)25(7,8)27(11,12)29(15,16)31(19,20)32(21,22)30(17,18)28(13,14)26(9,10)24(4,5)6. The number of hydrogen-bond acceptors (Lipinski definition) is 0. The molecule has 0 saturated carbocycles. The lowest BCUT2D eigenvalue weighted by atomic mass is 26.0. The highest BCUT2D eigenvalue weighted by Crippen LogP contribution is 2.63. The normalized spacial score (nSPS) is 17.1. The molecule has 0 aliphatic rings. The Morgan fingerprint density at radius 2 is 0.250 bits per heavy atom. The fraction of sp³-hybridized carbons (Fsp3) is 0. The molecule has 0 aromatic rings. The van der Waals surface area contributed by atoms with Crippen LogP contribution in [0.5, 0.6) is 0 Å². The second-order valence-corrected chi connectivity index (χ2v) is 151. The minimum atomic E-state index is -4.62. The summed E-state index contributed by atoms with van der Waals surface area (Å²) in [6, 6.07) is 0. The van der Waals surface area contributed by atoms with Crippen molar-refractivity contribution in [1.29, 1.82) is 0 Å². The first kappa shape index (κ1) is 40.5. The van der Waals surface area contributed by atoms with Crippen LogP contribution in [0.1, 0.15) is 0 Å². The summed E-state index contributed by atoms with van der Waals surface area (Å²) in [5.41, 5.74) is -43.7. The lowest BCUT2D eigenvalue weighted by Crippen LogP contribution is -2.87. The quantitative estimate of drug-likeness (QED) is 0.159. The average Bonchev–Trinajstić information content (AvgIpc) is 2.51. The highest BCUT2D eigenvalue weighted by molar-refractivity contribution is 8.48. The summed E-state index contributed by atoms with van der Waals surface area (Å²) in [4.78, 5) is 0. The second-order valence-electron chi connectivity index (χ2n) is 5.59. The molecule has 194 valence electrons. The van der Waals surface area contributed by atoms with Gasteiger partial charge in [-0.3, -0.25) is 0 Å². The van der Waals surface area contributed by atoms with Crippen LogP contribution in [-0.2, 0) is 0 Å². The van der Waals surface area contributed by atoms with Crippen LogP contribution in [0.4, 0.5) is 0 Å². The van der Waals surface area contributed by atoms with Gasteiger partial charge in [0.2, 0.25) is 0 Å². The summed E-state index contributed by atoms with van der Waals surface area (Å²) in [6.07, 6.45) is 0. The topological polar surface area (TPSA) is 0 Å². The SMILES string of the molecule is Cl[Si](Cl)(Cl)[Si](Cl)(Cl)[Si](Cl)(Cl)[Si](Cl)(Cl)[Si](Cl)(Cl)[Si](Cl)(Cl)[Si](Cl)(Cl)[Si](Cl)(Cl)[Si](Cl)(Cl)[Si](Cl)(Cl)Cl. The van der Waals surface area contributed by atoms with Crippen LogP contribution in [0.15, 0.2) is 0 Å². The van der Waals surface area contributed by atoms with E-state index in [2.05, 4.69) is 0 Å². The Balaban J connectivity index is 7.00. The summed E-state index contributed by atoms with van der Waals surface area (Å²) >= 11 is 141. The van der Waals surface area contributed by atoms with E-state index in [1.165, 1.54) is 0 Å². The smallest absolute Gasteiger partial charge is 0.148 e. The summed E-state index contributed by atoms with van der Waals surface area (Å²) < 4.78 is 0.